The van der Waals surface area contributed by atoms with Crippen LogP contribution in [0.2, 0.25) is 0 Å². The van der Waals surface area contributed by atoms with Crippen molar-refractivity contribution in [3.63, 3.8) is 0 Å². The van der Waals surface area contributed by atoms with E-state index >= 15 is 0 Å². The molecule has 0 bridgehead atoms. The Morgan fingerprint density at radius 3 is 2.81 bits per heavy atom. The van der Waals surface area contributed by atoms with Gasteiger partial charge in [-0.25, -0.2) is 4.98 Å². The van der Waals surface area contributed by atoms with Gasteiger partial charge >= 0.3 is 5.00 Å². The molecule has 1 N–H and O–H groups in total. The van der Waals surface area contributed by atoms with E-state index < -0.39 is 10.8 Å². The lowest BCUT2D eigenvalue weighted by molar-refractivity contribution is -0.380. The van der Waals surface area contributed by atoms with Crippen LogP contribution in [-0.2, 0) is 0 Å². The summed E-state index contributed by atoms with van der Waals surface area (Å²) in [5.74, 6) is -0.397. The predicted octanol–water partition coefficient (Wildman–Crippen LogP) is 4.28. The molecule has 0 unspecified atom stereocenters. The van der Waals surface area contributed by atoms with Gasteiger partial charge in [-0.15, -0.1) is 0 Å². The molecule has 6 nitrogen and oxygen atoms in total. The number of fused-ring (bicyclic) bond motifs is 1. The number of carbonyl (C=O) groups is 1. The van der Waals surface area contributed by atoms with E-state index in [4.69, 9.17) is 0 Å². The third-order valence-corrected chi connectivity index (χ3v) is 5.05. The Balaban J connectivity index is 1.83. The van der Waals surface area contributed by atoms with E-state index in [0.717, 1.165) is 26.0 Å². The van der Waals surface area contributed by atoms with Gasteiger partial charge in [-0.1, -0.05) is 38.6 Å². The lowest BCUT2D eigenvalue weighted by Gasteiger charge is -1.96. The van der Waals surface area contributed by atoms with Crippen LogP contribution in [0.15, 0.2) is 34.8 Å². The van der Waals surface area contributed by atoms with Crippen molar-refractivity contribution in [1.82, 2.24) is 4.98 Å². The SMILES string of the molecule is O=C(Nc1nc2cc(Br)ccc2s1)c1ccc([N+](=O)[O-])s1. The van der Waals surface area contributed by atoms with Crippen molar-refractivity contribution in [2.75, 3.05) is 5.32 Å². The molecule has 2 heterocycles. The Morgan fingerprint density at radius 1 is 1.29 bits per heavy atom. The summed E-state index contributed by atoms with van der Waals surface area (Å²) in [5.41, 5.74) is 0.779. The molecule has 0 radical (unpaired) electrons. The second kappa shape index (κ2) is 5.51. The number of nitrogens with zero attached hydrogens (tertiary/aromatic N) is 2. The largest absolute Gasteiger partial charge is 0.324 e. The monoisotopic (exact) mass is 383 g/mol. The molecule has 0 aliphatic carbocycles. The van der Waals surface area contributed by atoms with Crippen LogP contribution >= 0.6 is 38.6 Å². The smallest absolute Gasteiger partial charge is 0.297 e. The van der Waals surface area contributed by atoms with Crippen LogP contribution in [0.4, 0.5) is 10.1 Å². The van der Waals surface area contributed by atoms with Crippen molar-refractivity contribution in [2.24, 2.45) is 0 Å². The zero-order valence-electron chi connectivity index (χ0n) is 10.2. The molecule has 0 spiro atoms. The molecule has 0 fully saturated rings. The molecule has 0 atom stereocenters. The molecule has 0 aliphatic heterocycles. The van der Waals surface area contributed by atoms with Gasteiger partial charge in [-0.05, 0) is 24.3 Å². The molecule has 2 aromatic heterocycles. The number of rotatable bonds is 3. The third-order valence-electron chi connectivity index (χ3n) is 2.57. The summed E-state index contributed by atoms with van der Waals surface area (Å²) in [6.45, 7) is 0. The number of thiophene rings is 1. The van der Waals surface area contributed by atoms with Gasteiger partial charge in [0.1, 0.15) is 0 Å². The number of halogens is 1. The van der Waals surface area contributed by atoms with Gasteiger partial charge < -0.3 is 0 Å². The standard InChI is InChI=1S/C12H6BrN3O3S2/c13-6-1-2-8-7(5-6)14-12(21-8)15-11(17)9-3-4-10(20-9)16(18)19/h1-5H,(H,14,15,17). The number of nitrogens with one attached hydrogen (secondary N) is 1. The molecule has 0 saturated carbocycles. The maximum atomic E-state index is 12.0. The Bertz CT molecular complexity index is 858. The minimum absolute atomic E-state index is 0.0617. The van der Waals surface area contributed by atoms with E-state index in [9.17, 15) is 14.9 Å². The number of hydrogen-bond donors (Lipinski definition) is 1. The van der Waals surface area contributed by atoms with Gasteiger partial charge in [0.25, 0.3) is 5.91 Å². The highest BCUT2D eigenvalue weighted by Gasteiger charge is 2.16. The van der Waals surface area contributed by atoms with Crippen LogP contribution in [0.25, 0.3) is 10.2 Å². The summed E-state index contributed by atoms with van der Waals surface area (Å²) in [6.07, 6.45) is 0. The summed E-state index contributed by atoms with van der Waals surface area (Å²) in [5, 5.41) is 13.7. The topological polar surface area (TPSA) is 85.1 Å². The highest BCUT2D eigenvalue weighted by Crippen LogP contribution is 2.29. The zero-order valence-corrected chi connectivity index (χ0v) is 13.4. The number of hydrogen-bond acceptors (Lipinski definition) is 6. The Labute approximate surface area is 134 Å². The van der Waals surface area contributed by atoms with Crippen LogP contribution in [0.3, 0.4) is 0 Å². The van der Waals surface area contributed by atoms with Crippen molar-refractivity contribution in [3.05, 3.63) is 49.8 Å². The van der Waals surface area contributed by atoms with Crippen molar-refractivity contribution in [2.45, 2.75) is 0 Å². The fraction of sp³-hybridized carbons (Fsp3) is 0. The minimum Gasteiger partial charge on any atom is -0.297 e. The fourth-order valence-corrected chi connectivity index (χ4v) is 3.57. The molecular formula is C12H6BrN3O3S2. The average molecular weight is 384 g/mol. The molecule has 1 amide bonds. The van der Waals surface area contributed by atoms with Gasteiger partial charge in [0.2, 0.25) is 0 Å². The molecule has 0 saturated heterocycles. The van der Waals surface area contributed by atoms with Gasteiger partial charge in [0.05, 0.1) is 20.0 Å². The maximum Gasteiger partial charge on any atom is 0.324 e. The van der Waals surface area contributed by atoms with E-state index in [-0.39, 0.29) is 9.88 Å². The molecule has 21 heavy (non-hydrogen) atoms. The molecule has 0 aliphatic rings. The maximum absolute atomic E-state index is 12.0. The van der Waals surface area contributed by atoms with Crippen molar-refractivity contribution < 1.29 is 9.72 Å². The highest BCUT2D eigenvalue weighted by atomic mass is 79.9. The molecule has 3 aromatic rings. The Kier molecular flexibility index (Phi) is 3.70. The zero-order chi connectivity index (χ0) is 15.0. The van der Waals surface area contributed by atoms with Gasteiger partial charge in [0.15, 0.2) is 5.13 Å². The third kappa shape index (κ3) is 2.94. The number of aromatic nitrogens is 1. The quantitative estimate of drug-likeness (QED) is 0.540. The molecule has 106 valence electrons. The van der Waals surface area contributed by atoms with Gasteiger partial charge in [0, 0.05) is 10.5 Å². The number of nitro groups is 1. The van der Waals surface area contributed by atoms with Crippen LogP contribution in [0, 0.1) is 10.1 Å². The number of benzene rings is 1. The fourth-order valence-electron chi connectivity index (χ4n) is 1.66. The van der Waals surface area contributed by atoms with Crippen molar-refractivity contribution >= 4 is 64.9 Å². The van der Waals surface area contributed by atoms with Crippen LogP contribution in [-0.4, -0.2) is 15.8 Å². The average Bonchev–Trinajstić information content (AvgIpc) is 3.03. The first-order chi connectivity index (χ1) is 10.0. The predicted molar refractivity (Wildman–Crippen MR) is 86.2 cm³/mol. The summed E-state index contributed by atoms with van der Waals surface area (Å²) in [4.78, 5) is 26.7. The lowest BCUT2D eigenvalue weighted by atomic mass is 10.3. The van der Waals surface area contributed by atoms with Crippen LogP contribution < -0.4 is 5.32 Å². The van der Waals surface area contributed by atoms with Crippen LogP contribution in [0.1, 0.15) is 9.67 Å². The first kappa shape index (κ1) is 14.1. The molecular weight excluding hydrogens is 378 g/mol. The number of carbonyl (C=O) groups excluding carboxylic acids is 1. The first-order valence-corrected chi connectivity index (χ1v) is 8.07. The molecule has 3 rings (SSSR count). The van der Waals surface area contributed by atoms with Crippen LogP contribution in [0.5, 0.6) is 0 Å². The van der Waals surface area contributed by atoms with Gasteiger partial charge in [-0.3, -0.25) is 20.2 Å². The van der Waals surface area contributed by atoms with E-state index in [1.165, 1.54) is 23.5 Å². The van der Waals surface area contributed by atoms with E-state index in [1.54, 1.807) is 0 Å². The van der Waals surface area contributed by atoms with E-state index in [2.05, 4.69) is 26.2 Å². The second-order valence-corrected chi connectivity index (χ2v) is 6.99. The number of anilines is 1. The van der Waals surface area contributed by atoms with E-state index in [1.807, 2.05) is 18.2 Å². The number of thiazole rings is 1. The highest BCUT2D eigenvalue weighted by molar-refractivity contribution is 9.10. The second-order valence-electron chi connectivity index (χ2n) is 3.98. The summed E-state index contributed by atoms with van der Waals surface area (Å²) >= 11 is 5.55. The normalized spacial score (nSPS) is 10.7. The van der Waals surface area contributed by atoms with E-state index in [0.29, 0.717) is 5.13 Å². The minimum atomic E-state index is -0.517. The summed E-state index contributed by atoms with van der Waals surface area (Å²) in [6, 6.07) is 8.41. The summed E-state index contributed by atoms with van der Waals surface area (Å²) in [7, 11) is 0. The Morgan fingerprint density at radius 2 is 2.10 bits per heavy atom. The summed E-state index contributed by atoms with van der Waals surface area (Å²) < 4.78 is 1.86. The van der Waals surface area contributed by atoms with Gasteiger partial charge in [-0.2, -0.15) is 0 Å². The number of amides is 1. The lowest BCUT2D eigenvalue weighted by Crippen LogP contribution is -2.09. The van der Waals surface area contributed by atoms with Crippen molar-refractivity contribution in [3.8, 4) is 0 Å². The Hall–Kier alpha value is -1.84. The van der Waals surface area contributed by atoms with Crippen molar-refractivity contribution in [1.29, 1.82) is 0 Å². The molecule has 1 aromatic carbocycles. The molecule has 9 heteroatoms. The first-order valence-electron chi connectivity index (χ1n) is 5.64.